The molecule has 0 unspecified atom stereocenters. The third-order valence-electron chi connectivity index (χ3n) is 3.36. The van der Waals surface area contributed by atoms with Gasteiger partial charge in [0.2, 0.25) is 5.88 Å². The van der Waals surface area contributed by atoms with Crippen molar-refractivity contribution in [2.75, 3.05) is 30.9 Å². The van der Waals surface area contributed by atoms with Crippen molar-refractivity contribution >= 4 is 11.5 Å². The predicted octanol–water partition coefficient (Wildman–Crippen LogP) is 0.809. The highest BCUT2D eigenvalue weighted by molar-refractivity contribution is 5.68. The molecule has 0 radical (unpaired) electrons. The molecule has 18 heavy (non-hydrogen) atoms. The summed E-state index contributed by atoms with van der Waals surface area (Å²) in [4.78, 5) is 10.4. The molecule has 1 saturated carbocycles. The standard InChI is InChI=1S/C12H20N4O2/c1-18-12-10(13)11(14-8-15-12)16(6-3-7-17)9-4-2-5-9/h8-9,17H,2-7,13H2,1H3. The molecule has 1 aromatic rings. The van der Waals surface area contributed by atoms with E-state index in [2.05, 4.69) is 14.9 Å². The van der Waals surface area contributed by atoms with Crippen LogP contribution in [0, 0.1) is 0 Å². The van der Waals surface area contributed by atoms with Crippen LogP contribution in [0.1, 0.15) is 25.7 Å². The van der Waals surface area contributed by atoms with Gasteiger partial charge in [0.1, 0.15) is 12.0 Å². The van der Waals surface area contributed by atoms with Crippen molar-refractivity contribution in [2.45, 2.75) is 31.7 Å². The molecule has 0 spiro atoms. The fraction of sp³-hybridized carbons (Fsp3) is 0.667. The van der Waals surface area contributed by atoms with Crippen LogP contribution in [0.25, 0.3) is 0 Å². The van der Waals surface area contributed by atoms with Crippen molar-refractivity contribution in [3.05, 3.63) is 6.33 Å². The second-order valence-electron chi connectivity index (χ2n) is 4.48. The van der Waals surface area contributed by atoms with Crippen LogP contribution in [0.2, 0.25) is 0 Å². The van der Waals surface area contributed by atoms with E-state index in [0.717, 1.165) is 25.2 Å². The van der Waals surface area contributed by atoms with E-state index in [-0.39, 0.29) is 6.61 Å². The van der Waals surface area contributed by atoms with E-state index in [0.29, 0.717) is 24.0 Å². The molecule has 1 fully saturated rings. The van der Waals surface area contributed by atoms with E-state index in [1.165, 1.54) is 12.7 Å². The molecule has 1 aliphatic rings. The number of aromatic nitrogens is 2. The first kappa shape index (κ1) is 12.9. The fourth-order valence-corrected chi connectivity index (χ4v) is 2.16. The number of rotatable bonds is 6. The monoisotopic (exact) mass is 252 g/mol. The molecule has 1 aliphatic carbocycles. The lowest BCUT2D eigenvalue weighted by Crippen LogP contribution is -2.42. The lowest BCUT2D eigenvalue weighted by molar-refractivity contribution is 0.282. The maximum atomic E-state index is 8.99. The van der Waals surface area contributed by atoms with E-state index < -0.39 is 0 Å². The molecule has 3 N–H and O–H groups in total. The van der Waals surface area contributed by atoms with Gasteiger partial charge in [0.25, 0.3) is 0 Å². The van der Waals surface area contributed by atoms with Crippen molar-refractivity contribution in [2.24, 2.45) is 0 Å². The van der Waals surface area contributed by atoms with Gasteiger partial charge in [-0.15, -0.1) is 0 Å². The minimum atomic E-state index is 0.172. The molecule has 0 saturated heterocycles. The zero-order valence-corrected chi connectivity index (χ0v) is 10.7. The number of anilines is 2. The molecule has 100 valence electrons. The van der Waals surface area contributed by atoms with Crippen LogP contribution in [0.4, 0.5) is 11.5 Å². The summed E-state index contributed by atoms with van der Waals surface area (Å²) in [5.41, 5.74) is 6.51. The minimum Gasteiger partial charge on any atom is -0.479 e. The topological polar surface area (TPSA) is 84.5 Å². The normalized spacial score (nSPS) is 15.2. The molecule has 0 aliphatic heterocycles. The minimum absolute atomic E-state index is 0.172. The fourth-order valence-electron chi connectivity index (χ4n) is 2.16. The van der Waals surface area contributed by atoms with Crippen molar-refractivity contribution < 1.29 is 9.84 Å². The molecule has 0 bridgehead atoms. The van der Waals surface area contributed by atoms with Crippen LogP contribution in [0.5, 0.6) is 5.88 Å². The Hall–Kier alpha value is -1.56. The molecule has 6 nitrogen and oxygen atoms in total. The Morgan fingerprint density at radius 1 is 1.50 bits per heavy atom. The van der Waals surface area contributed by atoms with Crippen LogP contribution in [-0.2, 0) is 0 Å². The largest absolute Gasteiger partial charge is 0.479 e. The smallest absolute Gasteiger partial charge is 0.242 e. The molecule has 0 aromatic carbocycles. The van der Waals surface area contributed by atoms with E-state index in [1.54, 1.807) is 7.11 Å². The number of nitrogens with zero attached hydrogens (tertiary/aromatic N) is 3. The Bertz CT molecular complexity index is 396. The molecule has 1 aromatic heterocycles. The number of methoxy groups -OCH3 is 1. The second kappa shape index (κ2) is 5.86. The average molecular weight is 252 g/mol. The molecule has 0 atom stereocenters. The zero-order chi connectivity index (χ0) is 13.0. The molecule has 1 heterocycles. The predicted molar refractivity (Wildman–Crippen MR) is 69.7 cm³/mol. The highest BCUT2D eigenvalue weighted by Crippen LogP contribution is 2.34. The maximum Gasteiger partial charge on any atom is 0.242 e. The summed E-state index contributed by atoms with van der Waals surface area (Å²) in [6.45, 7) is 0.927. The van der Waals surface area contributed by atoms with E-state index in [4.69, 9.17) is 15.6 Å². The summed E-state index contributed by atoms with van der Waals surface area (Å²) in [7, 11) is 1.55. The zero-order valence-electron chi connectivity index (χ0n) is 10.7. The Morgan fingerprint density at radius 2 is 2.28 bits per heavy atom. The van der Waals surface area contributed by atoms with Crippen molar-refractivity contribution in [3.8, 4) is 5.88 Å². The van der Waals surface area contributed by atoms with E-state index >= 15 is 0 Å². The Kier molecular flexibility index (Phi) is 4.19. The number of hydrogen-bond acceptors (Lipinski definition) is 6. The van der Waals surface area contributed by atoms with Crippen molar-refractivity contribution in [1.29, 1.82) is 0 Å². The molecular weight excluding hydrogens is 232 g/mol. The van der Waals surface area contributed by atoms with Crippen LogP contribution >= 0.6 is 0 Å². The molecular formula is C12H20N4O2. The number of aliphatic hydroxyl groups excluding tert-OH is 1. The SMILES string of the molecule is COc1ncnc(N(CCCO)C2CCC2)c1N. The van der Waals surface area contributed by atoms with Gasteiger partial charge in [0, 0.05) is 19.2 Å². The van der Waals surface area contributed by atoms with E-state index in [9.17, 15) is 0 Å². The molecule has 0 amide bonds. The van der Waals surface area contributed by atoms with Gasteiger partial charge >= 0.3 is 0 Å². The third kappa shape index (κ3) is 2.48. The number of nitrogens with two attached hydrogens (primary N) is 1. The van der Waals surface area contributed by atoms with Crippen LogP contribution < -0.4 is 15.4 Å². The van der Waals surface area contributed by atoms with Gasteiger partial charge in [-0.25, -0.2) is 4.98 Å². The number of aliphatic hydroxyl groups is 1. The Balaban J connectivity index is 2.23. The summed E-state index contributed by atoms with van der Waals surface area (Å²) >= 11 is 0. The van der Waals surface area contributed by atoms with Gasteiger partial charge in [0.15, 0.2) is 5.82 Å². The lowest BCUT2D eigenvalue weighted by Gasteiger charge is -2.38. The van der Waals surface area contributed by atoms with Gasteiger partial charge in [-0.2, -0.15) is 4.98 Å². The first-order valence-corrected chi connectivity index (χ1v) is 6.30. The Morgan fingerprint density at radius 3 is 2.83 bits per heavy atom. The highest BCUT2D eigenvalue weighted by Gasteiger charge is 2.27. The number of nitrogen functional groups attached to an aromatic ring is 1. The third-order valence-corrected chi connectivity index (χ3v) is 3.36. The van der Waals surface area contributed by atoms with Gasteiger partial charge in [-0.1, -0.05) is 0 Å². The van der Waals surface area contributed by atoms with Crippen molar-refractivity contribution in [3.63, 3.8) is 0 Å². The molecule has 2 rings (SSSR count). The second-order valence-corrected chi connectivity index (χ2v) is 4.48. The average Bonchev–Trinajstić information content (AvgIpc) is 2.32. The first-order valence-electron chi connectivity index (χ1n) is 6.30. The highest BCUT2D eigenvalue weighted by atomic mass is 16.5. The maximum absolute atomic E-state index is 8.99. The van der Waals surface area contributed by atoms with E-state index in [1.807, 2.05) is 0 Å². The quantitative estimate of drug-likeness (QED) is 0.779. The van der Waals surface area contributed by atoms with Gasteiger partial charge in [-0.05, 0) is 25.7 Å². The van der Waals surface area contributed by atoms with Crippen molar-refractivity contribution in [1.82, 2.24) is 9.97 Å². The Labute approximate surface area is 107 Å². The molecule has 6 heteroatoms. The summed E-state index contributed by atoms with van der Waals surface area (Å²) in [6, 6.07) is 0.471. The van der Waals surface area contributed by atoms with Crippen LogP contribution in [-0.4, -0.2) is 41.4 Å². The number of hydrogen-bond donors (Lipinski definition) is 2. The van der Waals surface area contributed by atoms with Crippen LogP contribution in [0.15, 0.2) is 6.33 Å². The van der Waals surface area contributed by atoms with Gasteiger partial charge in [0.05, 0.1) is 7.11 Å². The first-order chi connectivity index (χ1) is 8.77. The summed E-state index contributed by atoms with van der Waals surface area (Å²) in [6.07, 6.45) is 5.72. The number of ether oxygens (including phenoxy) is 1. The van der Waals surface area contributed by atoms with Gasteiger partial charge in [-0.3, -0.25) is 0 Å². The summed E-state index contributed by atoms with van der Waals surface area (Å²) in [5, 5.41) is 8.99. The lowest BCUT2D eigenvalue weighted by atomic mass is 9.91. The summed E-state index contributed by atoms with van der Waals surface area (Å²) < 4.78 is 5.12. The van der Waals surface area contributed by atoms with Gasteiger partial charge < -0.3 is 20.5 Å². The summed E-state index contributed by atoms with van der Waals surface area (Å²) in [5.74, 6) is 1.13. The van der Waals surface area contributed by atoms with Crippen LogP contribution in [0.3, 0.4) is 0 Å².